The van der Waals surface area contributed by atoms with E-state index in [-0.39, 0.29) is 17.6 Å². The molecule has 3 aromatic rings. The van der Waals surface area contributed by atoms with Crippen molar-refractivity contribution in [2.75, 3.05) is 20.3 Å². The smallest absolute Gasteiger partial charge is 0.335 e. The Morgan fingerprint density at radius 3 is 2.84 bits per heavy atom. The van der Waals surface area contributed by atoms with Crippen molar-refractivity contribution in [3.05, 3.63) is 83.9 Å². The summed E-state index contributed by atoms with van der Waals surface area (Å²) in [6, 6.07) is 16.6. The third kappa shape index (κ3) is 4.30. The van der Waals surface area contributed by atoms with Crippen molar-refractivity contribution >= 4 is 23.3 Å². The van der Waals surface area contributed by atoms with Gasteiger partial charge in [-0.15, -0.1) is 0 Å². The second-order valence-electron chi connectivity index (χ2n) is 7.32. The van der Waals surface area contributed by atoms with E-state index in [1.165, 1.54) is 0 Å². The number of benzene rings is 1. The first-order valence-electron chi connectivity index (χ1n) is 10.1. The summed E-state index contributed by atoms with van der Waals surface area (Å²) in [5.74, 6) is -0.952. The molecule has 0 spiro atoms. The van der Waals surface area contributed by atoms with E-state index in [0.29, 0.717) is 11.7 Å². The third-order valence-electron chi connectivity index (χ3n) is 5.40. The van der Waals surface area contributed by atoms with Crippen molar-refractivity contribution in [2.45, 2.75) is 18.5 Å². The van der Waals surface area contributed by atoms with E-state index >= 15 is 0 Å². The molecule has 1 aliphatic heterocycles. The molecule has 8 heteroatoms. The Morgan fingerprint density at radius 1 is 1.23 bits per heavy atom. The Balaban J connectivity index is 1.77. The lowest BCUT2D eigenvalue weighted by atomic mass is 10.0. The number of rotatable bonds is 8. The van der Waals surface area contributed by atoms with Crippen LogP contribution in [0.5, 0.6) is 0 Å². The van der Waals surface area contributed by atoms with Crippen molar-refractivity contribution in [3.8, 4) is 5.69 Å². The molecule has 2 N–H and O–H groups in total. The highest BCUT2D eigenvalue weighted by Gasteiger charge is 2.40. The van der Waals surface area contributed by atoms with Gasteiger partial charge >= 0.3 is 5.97 Å². The van der Waals surface area contributed by atoms with Crippen LogP contribution in [0.25, 0.3) is 5.69 Å². The number of hydrogen-bond acceptors (Lipinski definition) is 4. The molecule has 31 heavy (non-hydrogen) atoms. The zero-order valence-corrected chi connectivity index (χ0v) is 18.0. The highest BCUT2D eigenvalue weighted by atomic mass is 32.1. The fourth-order valence-corrected chi connectivity index (χ4v) is 4.34. The average Bonchev–Trinajstić information content (AvgIpc) is 3.39. The summed E-state index contributed by atoms with van der Waals surface area (Å²) in [6.07, 6.45) is 4.56. The Bertz CT molecular complexity index is 1070. The number of aromatic nitrogens is 2. The summed E-state index contributed by atoms with van der Waals surface area (Å²) in [5.41, 5.74) is 2.93. The third-order valence-corrected chi connectivity index (χ3v) is 5.75. The second kappa shape index (κ2) is 9.28. The van der Waals surface area contributed by atoms with E-state index in [1.807, 2.05) is 47.2 Å². The summed E-state index contributed by atoms with van der Waals surface area (Å²) >= 11 is 5.69. The molecule has 0 saturated carbocycles. The van der Waals surface area contributed by atoms with Gasteiger partial charge in [0.25, 0.3) is 0 Å². The number of carboxylic acid groups (broad SMARTS) is 1. The van der Waals surface area contributed by atoms with Gasteiger partial charge in [-0.3, -0.25) is 4.98 Å². The Kier molecular flexibility index (Phi) is 6.29. The molecule has 3 heterocycles. The lowest BCUT2D eigenvalue weighted by Crippen LogP contribution is -2.32. The lowest BCUT2D eigenvalue weighted by Gasteiger charge is -2.29. The molecule has 7 nitrogen and oxygen atoms in total. The van der Waals surface area contributed by atoms with E-state index in [0.717, 1.165) is 30.0 Å². The lowest BCUT2D eigenvalue weighted by molar-refractivity contribution is 0.0697. The van der Waals surface area contributed by atoms with Crippen LogP contribution in [-0.4, -0.2) is 50.9 Å². The van der Waals surface area contributed by atoms with Crippen LogP contribution in [0.4, 0.5) is 0 Å². The van der Waals surface area contributed by atoms with E-state index in [9.17, 15) is 9.90 Å². The predicted octanol–water partition coefficient (Wildman–Crippen LogP) is 3.58. The van der Waals surface area contributed by atoms with Gasteiger partial charge in [0.2, 0.25) is 0 Å². The molecule has 2 aromatic heterocycles. The maximum Gasteiger partial charge on any atom is 0.335 e. The number of thiocarbonyl (C=S) groups is 1. The maximum atomic E-state index is 11.5. The zero-order valence-electron chi connectivity index (χ0n) is 17.1. The Morgan fingerprint density at radius 2 is 2.10 bits per heavy atom. The number of ether oxygens (including phenoxy) is 1. The molecular weight excluding hydrogens is 412 g/mol. The molecule has 1 aromatic carbocycles. The van der Waals surface area contributed by atoms with Gasteiger partial charge in [0.15, 0.2) is 5.11 Å². The van der Waals surface area contributed by atoms with Crippen LogP contribution in [0.2, 0.25) is 0 Å². The molecule has 1 aliphatic rings. The predicted molar refractivity (Wildman–Crippen MR) is 121 cm³/mol. The first-order valence-corrected chi connectivity index (χ1v) is 10.5. The van der Waals surface area contributed by atoms with Crippen LogP contribution < -0.4 is 5.32 Å². The zero-order chi connectivity index (χ0) is 21.8. The van der Waals surface area contributed by atoms with Crippen molar-refractivity contribution in [1.82, 2.24) is 19.8 Å². The summed E-state index contributed by atoms with van der Waals surface area (Å²) < 4.78 is 7.26. The number of methoxy groups -OCH3 is 1. The van der Waals surface area contributed by atoms with Crippen LogP contribution >= 0.6 is 12.2 Å². The summed E-state index contributed by atoms with van der Waals surface area (Å²) in [7, 11) is 1.69. The van der Waals surface area contributed by atoms with Crippen LogP contribution in [0.15, 0.2) is 67.0 Å². The summed E-state index contributed by atoms with van der Waals surface area (Å²) in [4.78, 5) is 18.2. The molecular formula is C23H24N4O3S. The Hall–Kier alpha value is -3.23. The highest BCUT2D eigenvalue weighted by Crippen LogP contribution is 2.39. The van der Waals surface area contributed by atoms with Gasteiger partial charge in [-0.05, 0) is 61.1 Å². The first-order chi connectivity index (χ1) is 15.1. The van der Waals surface area contributed by atoms with Gasteiger partial charge in [0.1, 0.15) is 0 Å². The highest BCUT2D eigenvalue weighted by molar-refractivity contribution is 7.80. The molecule has 1 saturated heterocycles. The number of aromatic carboxylic acids is 1. The molecule has 2 atom stereocenters. The summed E-state index contributed by atoms with van der Waals surface area (Å²) in [6.45, 7) is 1.37. The minimum absolute atomic E-state index is 0.109. The van der Waals surface area contributed by atoms with Gasteiger partial charge in [0.05, 0.1) is 23.3 Å². The topological polar surface area (TPSA) is 79.6 Å². The van der Waals surface area contributed by atoms with Crippen LogP contribution in [-0.2, 0) is 4.74 Å². The number of hydrogen-bond donors (Lipinski definition) is 2. The van der Waals surface area contributed by atoms with Crippen LogP contribution in [0, 0.1) is 0 Å². The van der Waals surface area contributed by atoms with E-state index in [2.05, 4.69) is 15.2 Å². The van der Waals surface area contributed by atoms with Crippen molar-refractivity contribution in [1.29, 1.82) is 0 Å². The first kappa shape index (κ1) is 21.0. The number of carbonyl (C=O) groups is 1. The largest absolute Gasteiger partial charge is 0.478 e. The molecule has 0 amide bonds. The van der Waals surface area contributed by atoms with Crippen molar-refractivity contribution in [2.24, 2.45) is 0 Å². The average molecular weight is 437 g/mol. The number of pyridine rings is 1. The van der Waals surface area contributed by atoms with Crippen molar-refractivity contribution in [3.63, 3.8) is 0 Å². The number of nitrogens with zero attached hydrogens (tertiary/aromatic N) is 3. The van der Waals surface area contributed by atoms with E-state index in [1.54, 1.807) is 31.5 Å². The van der Waals surface area contributed by atoms with Gasteiger partial charge in [-0.2, -0.15) is 0 Å². The fourth-order valence-electron chi connectivity index (χ4n) is 4.01. The molecule has 160 valence electrons. The standard InChI is InChI=1S/C23H24N4O3S/c1-30-14-6-13-27-21(20(25-23(27)31)18-9-2-3-11-24-18)19-10-5-12-26(19)17-8-4-7-16(15-17)22(28)29/h2-5,7-12,15,20-21H,6,13-14H2,1H3,(H,25,31)(H,28,29)/t20-,21-/m0/s1. The quantitative estimate of drug-likeness (QED) is 0.413. The molecule has 4 rings (SSSR count). The van der Waals surface area contributed by atoms with Gasteiger partial charge in [0, 0.05) is 44.0 Å². The monoisotopic (exact) mass is 436 g/mol. The summed E-state index contributed by atoms with van der Waals surface area (Å²) in [5, 5.41) is 13.5. The maximum absolute atomic E-state index is 11.5. The minimum Gasteiger partial charge on any atom is -0.478 e. The molecule has 0 radical (unpaired) electrons. The van der Waals surface area contributed by atoms with Crippen LogP contribution in [0.1, 0.15) is 40.3 Å². The normalized spacial score (nSPS) is 18.2. The molecule has 0 bridgehead atoms. The van der Waals surface area contributed by atoms with Crippen molar-refractivity contribution < 1.29 is 14.6 Å². The molecule has 1 fully saturated rings. The van der Waals surface area contributed by atoms with Crippen LogP contribution in [0.3, 0.4) is 0 Å². The van der Waals surface area contributed by atoms with Gasteiger partial charge in [-0.1, -0.05) is 12.1 Å². The molecule has 0 aliphatic carbocycles. The van der Waals surface area contributed by atoms with E-state index < -0.39 is 5.97 Å². The van der Waals surface area contributed by atoms with E-state index in [4.69, 9.17) is 17.0 Å². The van der Waals surface area contributed by atoms with Gasteiger partial charge in [-0.25, -0.2) is 4.79 Å². The number of carboxylic acids is 1. The Labute approximate surface area is 186 Å². The second-order valence-corrected chi connectivity index (χ2v) is 7.71. The SMILES string of the molecule is COCCCN1C(=S)N[C@@H](c2ccccn2)[C@@H]1c1cccn1-c1cccc(C(=O)O)c1. The number of nitrogens with one attached hydrogen (secondary N) is 1. The van der Waals surface area contributed by atoms with Gasteiger partial charge < -0.3 is 24.6 Å². The molecule has 0 unspecified atom stereocenters. The minimum atomic E-state index is -0.952. The fraction of sp³-hybridized carbons (Fsp3) is 0.261.